The Bertz CT molecular complexity index is 726. The lowest BCUT2D eigenvalue weighted by molar-refractivity contribution is -0.385. The van der Waals surface area contributed by atoms with E-state index < -0.39 is 0 Å². The van der Waals surface area contributed by atoms with Crippen molar-refractivity contribution >= 4 is 11.4 Å². The zero-order chi connectivity index (χ0) is 16.7. The van der Waals surface area contributed by atoms with Gasteiger partial charge in [0, 0.05) is 18.0 Å². The highest BCUT2D eigenvalue weighted by Gasteiger charge is 2.42. The van der Waals surface area contributed by atoms with Crippen LogP contribution in [0.15, 0.2) is 36.4 Å². The lowest BCUT2D eigenvalue weighted by atomic mass is 9.72. The van der Waals surface area contributed by atoms with Gasteiger partial charge in [0.15, 0.2) is 0 Å². The summed E-state index contributed by atoms with van der Waals surface area (Å²) in [6.45, 7) is 0. The number of fused-ring (bicyclic) bond motifs is 3. The largest absolute Gasteiger partial charge is 0.494 e. The summed E-state index contributed by atoms with van der Waals surface area (Å²) in [7, 11) is 1.58. The Labute approximate surface area is 141 Å². The monoisotopic (exact) mass is 326 g/mol. The molecule has 0 amide bonds. The van der Waals surface area contributed by atoms with E-state index in [1.54, 1.807) is 13.2 Å². The lowest BCUT2D eigenvalue weighted by Crippen LogP contribution is -2.42. The first-order valence-electron chi connectivity index (χ1n) is 8.63. The zero-order valence-corrected chi connectivity index (χ0v) is 13.8. The van der Waals surface area contributed by atoms with E-state index in [1.165, 1.54) is 12.5 Å². The molecule has 1 aliphatic heterocycles. The number of ether oxygens (including phenoxy) is 1. The summed E-state index contributed by atoms with van der Waals surface area (Å²) in [6.07, 6.45) is 13.5. The van der Waals surface area contributed by atoms with Crippen LogP contribution in [-0.4, -0.2) is 18.1 Å². The molecule has 1 aromatic rings. The smallest absolute Gasteiger partial charge is 0.273 e. The van der Waals surface area contributed by atoms with Gasteiger partial charge in [-0.2, -0.15) is 0 Å². The number of nitrogens with zero attached hydrogens (tertiary/aromatic N) is 1. The molecule has 1 aromatic carbocycles. The highest BCUT2D eigenvalue weighted by atomic mass is 16.6. The fourth-order valence-corrected chi connectivity index (χ4v) is 4.57. The van der Waals surface area contributed by atoms with Gasteiger partial charge in [0.05, 0.1) is 23.8 Å². The third kappa shape index (κ3) is 2.39. The van der Waals surface area contributed by atoms with Crippen LogP contribution in [0.25, 0.3) is 0 Å². The van der Waals surface area contributed by atoms with Gasteiger partial charge in [-0.15, -0.1) is 0 Å². The summed E-state index contributed by atoms with van der Waals surface area (Å²) in [5, 5.41) is 15.0. The molecule has 126 valence electrons. The number of hydrogen-bond acceptors (Lipinski definition) is 4. The molecule has 0 saturated heterocycles. The van der Waals surface area contributed by atoms with Gasteiger partial charge in [-0.3, -0.25) is 10.1 Å². The summed E-state index contributed by atoms with van der Waals surface area (Å²) in [6, 6.07) is 3.63. The minimum absolute atomic E-state index is 0.102. The summed E-state index contributed by atoms with van der Waals surface area (Å²) in [4.78, 5) is 10.9. The molecule has 0 radical (unpaired) electrons. The fourth-order valence-electron chi connectivity index (χ4n) is 4.57. The highest BCUT2D eigenvalue weighted by Crippen LogP contribution is 2.51. The third-order valence-corrected chi connectivity index (χ3v) is 5.71. The topological polar surface area (TPSA) is 64.4 Å². The number of allylic oxidation sites excluding steroid dienone is 4. The number of nitro benzene ring substituents is 1. The lowest BCUT2D eigenvalue weighted by Gasteiger charge is -2.42. The van der Waals surface area contributed by atoms with Gasteiger partial charge in [0.25, 0.3) is 5.69 Å². The molecule has 0 aromatic heterocycles. The quantitative estimate of drug-likeness (QED) is 0.507. The molecule has 1 N–H and O–H groups in total. The fraction of sp³-hybridized carbons (Fsp3) is 0.474. The zero-order valence-electron chi connectivity index (χ0n) is 13.8. The van der Waals surface area contributed by atoms with E-state index in [0.29, 0.717) is 23.6 Å². The molecule has 3 aliphatic rings. The van der Waals surface area contributed by atoms with Crippen molar-refractivity contribution in [3.63, 3.8) is 0 Å². The Morgan fingerprint density at radius 3 is 2.83 bits per heavy atom. The van der Waals surface area contributed by atoms with Crippen LogP contribution >= 0.6 is 0 Å². The second kappa shape index (κ2) is 5.96. The summed E-state index contributed by atoms with van der Waals surface area (Å²) >= 11 is 0. The molecule has 5 heteroatoms. The van der Waals surface area contributed by atoms with Gasteiger partial charge in [-0.1, -0.05) is 24.3 Å². The average Bonchev–Trinajstić information content (AvgIpc) is 3.10. The first-order valence-corrected chi connectivity index (χ1v) is 8.63. The molecular formula is C19H22N2O3. The van der Waals surface area contributed by atoms with Gasteiger partial charge >= 0.3 is 0 Å². The standard InChI is InChI=1S/C19H22N2O3/c1-24-17-11-13(21(22)23)10-16-14-8-5-9-15(14)18(20-19(16)17)12-6-3-2-4-7-12/h2-3,5,8,10-12,14-15,18,20H,4,6-7,9H2,1H3/t12-,14+,15-,18-/m1/s1. The van der Waals surface area contributed by atoms with Crippen molar-refractivity contribution in [1.82, 2.24) is 0 Å². The molecule has 1 heterocycles. The summed E-state index contributed by atoms with van der Waals surface area (Å²) < 4.78 is 5.48. The third-order valence-electron chi connectivity index (χ3n) is 5.71. The maximum Gasteiger partial charge on any atom is 0.273 e. The number of methoxy groups -OCH3 is 1. The molecule has 5 nitrogen and oxygen atoms in total. The number of non-ortho nitro benzene ring substituents is 1. The molecule has 24 heavy (non-hydrogen) atoms. The second-order valence-corrected chi connectivity index (χ2v) is 6.94. The van der Waals surface area contributed by atoms with Crippen molar-refractivity contribution in [1.29, 1.82) is 0 Å². The molecule has 4 rings (SSSR count). The van der Waals surface area contributed by atoms with Crippen LogP contribution in [-0.2, 0) is 0 Å². The van der Waals surface area contributed by atoms with E-state index in [4.69, 9.17) is 4.74 Å². The predicted molar refractivity (Wildman–Crippen MR) is 93.5 cm³/mol. The average molecular weight is 326 g/mol. The molecule has 0 saturated carbocycles. The minimum atomic E-state index is -0.339. The van der Waals surface area contributed by atoms with Gasteiger partial charge in [-0.25, -0.2) is 0 Å². The van der Waals surface area contributed by atoms with Crippen LogP contribution in [0.2, 0.25) is 0 Å². The first-order chi connectivity index (χ1) is 11.7. The Morgan fingerprint density at radius 2 is 2.12 bits per heavy atom. The Hall–Kier alpha value is -2.30. The normalized spacial score (nSPS) is 30.4. The second-order valence-electron chi connectivity index (χ2n) is 6.94. The predicted octanol–water partition coefficient (Wildman–Crippen LogP) is 4.41. The molecule has 0 bridgehead atoms. The first kappa shape index (κ1) is 15.2. The molecular weight excluding hydrogens is 304 g/mol. The number of nitro groups is 1. The number of nitrogens with one attached hydrogen (secondary N) is 1. The van der Waals surface area contributed by atoms with Gasteiger partial charge < -0.3 is 10.1 Å². The van der Waals surface area contributed by atoms with Crippen LogP contribution in [0.3, 0.4) is 0 Å². The van der Waals surface area contributed by atoms with Gasteiger partial charge in [-0.05, 0) is 43.1 Å². The number of hydrogen-bond donors (Lipinski definition) is 1. The Balaban J connectivity index is 1.78. The van der Waals surface area contributed by atoms with Crippen molar-refractivity contribution < 1.29 is 9.66 Å². The molecule has 0 unspecified atom stereocenters. The molecule has 4 atom stereocenters. The summed E-state index contributed by atoms with van der Waals surface area (Å²) in [5.74, 6) is 1.90. The van der Waals surface area contributed by atoms with E-state index >= 15 is 0 Å². The number of rotatable bonds is 3. The maximum atomic E-state index is 11.3. The number of benzene rings is 1. The van der Waals surface area contributed by atoms with Crippen molar-refractivity contribution in [2.24, 2.45) is 11.8 Å². The van der Waals surface area contributed by atoms with Crippen molar-refractivity contribution in [2.45, 2.75) is 37.6 Å². The highest BCUT2D eigenvalue weighted by molar-refractivity contribution is 5.70. The summed E-state index contributed by atoms with van der Waals surface area (Å²) in [5.41, 5.74) is 2.04. The van der Waals surface area contributed by atoms with E-state index in [-0.39, 0.29) is 16.5 Å². The molecule has 2 aliphatic carbocycles. The molecule has 0 fully saturated rings. The van der Waals surface area contributed by atoms with Crippen LogP contribution in [0.5, 0.6) is 5.75 Å². The van der Waals surface area contributed by atoms with Crippen molar-refractivity contribution in [3.8, 4) is 5.75 Å². The Kier molecular flexibility index (Phi) is 3.79. The van der Waals surface area contributed by atoms with Crippen LogP contribution < -0.4 is 10.1 Å². The SMILES string of the molecule is COc1cc([N+](=O)[O-])cc2c1N[C@H]([C@@H]1CC=CCC1)[C@@H]1CC=C[C@H]21. The minimum Gasteiger partial charge on any atom is -0.494 e. The van der Waals surface area contributed by atoms with Crippen LogP contribution in [0.4, 0.5) is 11.4 Å². The maximum absolute atomic E-state index is 11.3. The molecule has 0 spiro atoms. The van der Waals surface area contributed by atoms with E-state index in [9.17, 15) is 10.1 Å². The van der Waals surface area contributed by atoms with Crippen molar-refractivity contribution in [3.05, 3.63) is 52.1 Å². The van der Waals surface area contributed by atoms with Crippen LogP contribution in [0.1, 0.15) is 37.2 Å². The van der Waals surface area contributed by atoms with Gasteiger partial charge in [0.2, 0.25) is 0 Å². The van der Waals surface area contributed by atoms with Crippen molar-refractivity contribution in [2.75, 3.05) is 12.4 Å². The number of anilines is 1. The van der Waals surface area contributed by atoms with Crippen LogP contribution in [0, 0.1) is 22.0 Å². The van der Waals surface area contributed by atoms with E-state index in [2.05, 4.69) is 29.6 Å². The van der Waals surface area contributed by atoms with E-state index in [0.717, 1.165) is 30.5 Å². The van der Waals surface area contributed by atoms with E-state index in [1.807, 2.05) is 0 Å². The Morgan fingerprint density at radius 1 is 1.25 bits per heavy atom. The van der Waals surface area contributed by atoms with Gasteiger partial charge in [0.1, 0.15) is 5.75 Å².